The smallest absolute Gasteiger partial charge is 0.454 e. The van der Waals surface area contributed by atoms with E-state index in [1.54, 1.807) is 22.3 Å². The predicted molar refractivity (Wildman–Crippen MR) is 145 cm³/mol. The monoisotopic (exact) mass is 567 g/mol. The van der Waals surface area contributed by atoms with Crippen LogP contribution >= 0.6 is 0 Å². The molecule has 0 aliphatic carbocycles. The van der Waals surface area contributed by atoms with Gasteiger partial charge in [-0.05, 0) is 60.2 Å². The van der Waals surface area contributed by atoms with Crippen LogP contribution < -0.4 is 19.7 Å². The molecule has 5 rings (SSSR count). The first-order chi connectivity index (χ1) is 19.7. The van der Waals surface area contributed by atoms with Crippen LogP contribution in [0.1, 0.15) is 35.2 Å². The first-order valence-corrected chi connectivity index (χ1v) is 13.2. The van der Waals surface area contributed by atoms with Crippen LogP contribution in [0.2, 0.25) is 0 Å². The van der Waals surface area contributed by atoms with Crippen LogP contribution in [0.15, 0.2) is 66.7 Å². The number of carbonyl (C=O) groups is 3. The lowest BCUT2D eigenvalue weighted by Gasteiger charge is -2.33. The fourth-order valence-electron chi connectivity index (χ4n) is 4.78. The molecule has 214 valence electrons. The van der Waals surface area contributed by atoms with Crippen molar-refractivity contribution in [1.82, 2.24) is 10.2 Å². The highest BCUT2D eigenvalue weighted by Gasteiger charge is 2.38. The molecule has 3 aromatic carbocycles. The Labute approximate surface area is 234 Å². The van der Waals surface area contributed by atoms with Crippen LogP contribution in [0.5, 0.6) is 11.5 Å². The molecule has 0 spiro atoms. The van der Waals surface area contributed by atoms with Crippen molar-refractivity contribution in [3.63, 3.8) is 0 Å². The van der Waals surface area contributed by atoms with E-state index < -0.39 is 24.4 Å². The molecular weight excluding hydrogens is 539 g/mol. The van der Waals surface area contributed by atoms with Gasteiger partial charge in [-0.15, -0.1) is 0 Å². The minimum Gasteiger partial charge on any atom is -0.454 e. The summed E-state index contributed by atoms with van der Waals surface area (Å²) in [5.41, 5.74) is 3.46. The van der Waals surface area contributed by atoms with E-state index in [2.05, 4.69) is 0 Å². The second-order valence-corrected chi connectivity index (χ2v) is 9.83. The lowest BCUT2D eigenvalue weighted by atomic mass is 10.0. The Hall–Kier alpha value is -4.54. The minimum absolute atomic E-state index is 0.129. The third-order valence-electron chi connectivity index (χ3n) is 7.03. The molecule has 8 nitrogen and oxygen atoms in total. The number of nitrogens with one attached hydrogen (secondary N) is 1. The average Bonchev–Trinajstić information content (AvgIpc) is 3.47. The number of anilines is 1. The number of fused-ring (bicyclic) bond motifs is 1. The summed E-state index contributed by atoms with van der Waals surface area (Å²) in [6.45, 7) is 0.976. The van der Waals surface area contributed by atoms with E-state index in [0.717, 1.165) is 36.0 Å². The summed E-state index contributed by atoms with van der Waals surface area (Å²) in [5, 5.41) is 1.58. The van der Waals surface area contributed by atoms with E-state index in [1.807, 2.05) is 47.4 Å². The normalized spacial score (nSPS) is 14.5. The average molecular weight is 568 g/mol. The number of benzene rings is 3. The number of urea groups is 1. The van der Waals surface area contributed by atoms with Crippen LogP contribution in [0.25, 0.3) is 11.1 Å². The van der Waals surface area contributed by atoms with E-state index >= 15 is 0 Å². The molecule has 2 aliphatic rings. The SMILES string of the molecule is O=C(CNC(=O)C(F)(F)F)c1ccc(CN(C(=O)N2CCCCC2)c2ccc(-c3ccc4c(c3)OCO4)cc2)cc1. The predicted octanol–water partition coefficient (Wildman–Crippen LogP) is 5.56. The fraction of sp³-hybridized carbons (Fsp3) is 0.300. The molecule has 1 fully saturated rings. The maximum absolute atomic E-state index is 13.6. The maximum Gasteiger partial charge on any atom is 0.471 e. The fourth-order valence-corrected chi connectivity index (χ4v) is 4.78. The number of piperidine rings is 1. The van der Waals surface area contributed by atoms with Crippen LogP contribution in [0.4, 0.5) is 23.7 Å². The first-order valence-electron chi connectivity index (χ1n) is 13.2. The molecule has 0 atom stereocenters. The molecular formula is C30H28F3N3O5. The second-order valence-electron chi connectivity index (χ2n) is 9.83. The highest BCUT2D eigenvalue weighted by Crippen LogP contribution is 2.36. The molecule has 1 N–H and O–H groups in total. The number of rotatable bonds is 7. The van der Waals surface area contributed by atoms with Gasteiger partial charge in [-0.1, -0.05) is 42.5 Å². The minimum atomic E-state index is -5.06. The van der Waals surface area contributed by atoms with Crippen molar-refractivity contribution < 1.29 is 37.0 Å². The molecule has 0 saturated carbocycles. The summed E-state index contributed by atoms with van der Waals surface area (Å²) in [6, 6.07) is 19.4. The summed E-state index contributed by atoms with van der Waals surface area (Å²) in [6.07, 6.45) is -2.11. The van der Waals surface area contributed by atoms with Crippen LogP contribution in [0.3, 0.4) is 0 Å². The van der Waals surface area contributed by atoms with Gasteiger partial charge in [0.1, 0.15) is 0 Å². The Bertz CT molecular complexity index is 1420. The lowest BCUT2D eigenvalue weighted by molar-refractivity contribution is -0.173. The van der Waals surface area contributed by atoms with Crippen molar-refractivity contribution in [3.05, 3.63) is 77.9 Å². The van der Waals surface area contributed by atoms with Crippen molar-refractivity contribution >= 4 is 23.4 Å². The molecule has 3 aromatic rings. The first kappa shape index (κ1) is 28.0. The van der Waals surface area contributed by atoms with Gasteiger partial charge < -0.3 is 19.7 Å². The van der Waals surface area contributed by atoms with Gasteiger partial charge in [0, 0.05) is 24.3 Å². The number of likely N-dealkylation sites (tertiary alicyclic amines) is 1. The number of carbonyl (C=O) groups excluding carboxylic acids is 3. The quantitative estimate of drug-likeness (QED) is 0.378. The number of alkyl halides is 3. The van der Waals surface area contributed by atoms with Crippen molar-refractivity contribution in [1.29, 1.82) is 0 Å². The number of hydrogen-bond donors (Lipinski definition) is 1. The van der Waals surface area contributed by atoms with Gasteiger partial charge in [0.2, 0.25) is 6.79 Å². The van der Waals surface area contributed by atoms with Gasteiger partial charge in [-0.2, -0.15) is 13.2 Å². The molecule has 11 heteroatoms. The summed E-state index contributed by atoms with van der Waals surface area (Å²) < 4.78 is 48.1. The molecule has 2 heterocycles. The number of Topliss-reactive ketones (excluding diaryl/α,β-unsaturated/α-hetero) is 1. The van der Waals surface area contributed by atoms with E-state index in [-0.39, 0.29) is 24.9 Å². The Kier molecular flexibility index (Phi) is 8.14. The zero-order chi connectivity index (χ0) is 29.0. The Morgan fingerprint density at radius 2 is 1.49 bits per heavy atom. The van der Waals surface area contributed by atoms with Crippen LogP contribution in [-0.2, 0) is 11.3 Å². The molecule has 41 heavy (non-hydrogen) atoms. The maximum atomic E-state index is 13.6. The molecule has 0 unspecified atom stereocenters. The third-order valence-corrected chi connectivity index (χ3v) is 7.03. The van der Waals surface area contributed by atoms with Gasteiger partial charge in [0.15, 0.2) is 17.3 Å². The van der Waals surface area contributed by atoms with Crippen molar-refractivity contribution in [2.24, 2.45) is 0 Å². The molecule has 2 aliphatic heterocycles. The van der Waals surface area contributed by atoms with Gasteiger partial charge in [-0.3, -0.25) is 14.5 Å². The van der Waals surface area contributed by atoms with E-state index in [9.17, 15) is 27.6 Å². The summed E-state index contributed by atoms with van der Waals surface area (Å²) in [7, 11) is 0. The lowest BCUT2D eigenvalue weighted by Crippen LogP contribution is -2.45. The summed E-state index contributed by atoms with van der Waals surface area (Å²) >= 11 is 0. The number of halogens is 3. The molecule has 3 amide bonds. The Morgan fingerprint density at radius 1 is 0.829 bits per heavy atom. The van der Waals surface area contributed by atoms with Crippen molar-refractivity contribution in [2.75, 3.05) is 31.3 Å². The van der Waals surface area contributed by atoms with Gasteiger partial charge in [-0.25, -0.2) is 4.79 Å². The summed E-state index contributed by atoms with van der Waals surface area (Å²) in [5.74, 6) is -1.45. The van der Waals surface area contributed by atoms with Gasteiger partial charge in [0.05, 0.1) is 13.1 Å². The van der Waals surface area contributed by atoms with E-state index in [1.165, 1.54) is 12.1 Å². The zero-order valence-corrected chi connectivity index (χ0v) is 22.1. The number of nitrogens with zero attached hydrogens (tertiary/aromatic N) is 2. The summed E-state index contributed by atoms with van der Waals surface area (Å²) in [4.78, 5) is 40.4. The number of ketones is 1. The highest BCUT2D eigenvalue weighted by atomic mass is 19.4. The van der Waals surface area contributed by atoms with Crippen molar-refractivity contribution in [2.45, 2.75) is 32.0 Å². The Morgan fingerprint density at radius 3 is 2.17 bits per heavy atom. The topological polar surface area (TPSA) is 88.2 Å². The number of ether oxygens (including phenoxy) is 2. The zero-order valence-electron chi connectivity index (χ0n) is 22.1. The second kappa shape index (κ2) is 11.9. The number of amides is 3. The van der Waals surface area contributed by atoms with Crippen LogP contribution in [-0.4, -0.2) is 55.2 Å². The van der Waals surface area contributed by atoms with E-state index in [0.29, 0.717) is 30.3 Å². The Balaban J connectivity index is 1.32. The largest absolute Gasteiger partial charge is 0.471 e. The standard InChI is InChI=1S/C30H28F3N3O5/c31-30(32,33)28(38)34-17-25(37)22-6-4-20(5-7-22)18-36(29(39)35-14-2-1-3-15-35)24-11-8-21(9-12-24)23-10-13-26-27(16-23)41-19-40-26/h4-13,16H,1-3,14-15,17-19H2,(H,34,38). The highest BCUT2D eigenvalue weighted by molar-refractivity contribution is 6.00. The van der Waals surface area contributed by atoms with Gasteiger partial charge >= 0.3 is 18.1 Å². The van der Waals surface area contributed by atoms with Crippen molar-refractivity contribution in [3.8, 4) is 22.6 Å². The molecule has 0 bridgehead atoms. The molecule has 0 radical (unpaired) electrons. The third kappa shape index (κ3) is 6.62. The van der Waals surface area contributed by atoms with Gasteiger partial charge in [0.25, 0.3) is 0 Å². The van der Waals surface area contributed by atoms with Crippen LogP contribution in [0, 0.1) is 0 Å². The molecule has 1 saturated heterocycles. The molecule has 0 aromatic heterocycles. The van der Waals surface area contributed by atoms with E-state index in [4.69, 9.17) is 9.47 Å². The number of hydrogen-bond acceptors (Lipinski definition) is 5.